The quantitative estimate of drug-likeness (QED) is 0.675. The predicted octanol–water partition coefficient (Wildman–Crippen LogP) is 1.84. The average Bonchev–Trinajstić information content (AvgIpc) is 2.36. The lowest BCUT2D eigenvalue weighted by Crippen LogP contribution is -2.33. The van der Waals surface area contributed by atoms with E-state index in [1.54, 1.807) is 20.1 Å². The van der Waals surface area contributed by atoms with Crippen molar-refractivity contribution in [2.45, 2.75) is 13.5 Å². The van der Waals surface area contributed by atoms with E-state index in [4.69, 9.17) is 9.47 Å². The van der Waals surface area contributed by atoms with E-state index >= 15 is 0 Å². The Kier molecular flexibility index (Phi) is 7.07. The minimum Gasteiger partial charge on any atom is -0.465 e. The molecule has 1 aromatic rings. The standard InChI is InChI=1S/C14H20FNO3/c1-3-19-14(17)11-16(7-8-18-2)10-12-5-4-6-13(15)9-12/h4-6,9H,3,7-8,10-11H2,1-2H3. The Hall–Kier alpha value is -1.46. The molecule has 1 rings (SSSR count). The van der Waals surface area contributed by atoms with Crippen LogP contribution in [0.2, 0.25) is 0 Å². The molecule has 0 unspecified atom stereocenters. The van der Waals surface area contributed by atoms with Crippen LogP contribution < -0.4 is 0 Å². The van der Waals surface area contributed by atoms with Gasteiger partial charge in [0.25, 0.3) is 0 Å². The fourth-order valence-corrected chi connectivity index (χ4v) is 1.72. The molecule has 19 heavy (non-hydrogen) atoms. The Bertz CT molecular complexity index is 398. The molecule has 0 aliphatic carbocycles. The van der Waals surface area contributed by atoms with E-state index in [0.29, 0.717) is 26.3 Å². The number of ether oxygens (including phenoxy) is 2. The number of hydrogen-bond acceptors (Lipinski definition) is 4. The van der Waals surface area contributed by atoms with E-state index in [9.17, 15) is 9.18 Å². The fourth-order valence-electron chi connectivity index (χ4n) is 1.72. The second-order valence-corrected chi connectivity index (χ2v) is 4.14. The summed E-state index contributed by atoms with van der Waals surface area (Å²) in [7, 11) is 1.60. The van der Waals surface area contributed by atoms with Gasteiger partial charge in [0.2, 0.25) is 0 Å². The van der Waals surface area contributed by atoms with Gasteiger partial charge in [0.05, 0.1) is 19.8 Å². The van der Waals surface area contributed by atoms with Crippen LogP contribution in [0.3, 0.4) is 0 Å². The van der Waals surface area contributed by atoms with Crippen molar-refractivity contribution in [3.63, 3.8) is 0 Å². The maximum Gasteiger partial charge on any atom is 0.320 e. The van der Waals surface area contributed by atoms with Gasteiger partial charge in [0.15, 0.2) is 0 Å². The highest BCUT2D eigenvalue weighted by Gasteiger charge is 2.12. The SMILES string of the molecule is CCOC(=O)CN(CCOC)Cc1cccc(F)c1. The first-order chi connectivity index (χ1) is 9.15. The van der Waals surface area contributed by atoms with Crippen molar-refractivity contribution >= 4 is 5.97 Å². The lowest BCUT2D eigenvalue weighted by atomic mass is 10.2. The summed E-state index contributed by atoms with van der Waals surface area (Å²) in [5, 5.41) is 0. The molecular formula is C14H20FNO3. The zero-order valence-electron chi connectivity index (χ0n) is 11.4. The van der Waals surface area contributed by atoms with E-state index in [2.05, 4.69) is 0 Å². The Morgan fingerprint density at radius 2 is 2.21 bits per heavy atom. The average molecular weight is 269 g/mol. The molecule has 0 spiro atoms. The van der Waals surface area contributed by atoms with Gasteiger partial charge in [-0.1, -0.05) is 12.1 Å². The number of rotatable bonds is 8. The molecule has 0 amide bonds. The lowest BCUT2D eigenvalue weighted by Gasteiger charge is -2.20. The number of esters is 1. The molecule has 0 atom stereocenters. The minimum absolute atomic E-state index is 0.174. The second kappa shape index (κ2) is 8.61. The van der Waals surface area contributed by atoms with Crippen molar-refractivity contribution in [3.05, 3.63) is 35.6 Å². The summed E-state index contributed by atoms with van der Waals surface area (Å²) < 4.78 is 23.0. The third-order valence-electron chi connectivity index (χ3n) is 2.56. The number of hydrogen-bond donors (Lipinski definition) is 0. The van der Waals surface area contributed by atoms with Gasteiger partial charge >= 0.3 is 5.97 Å². The minimum atomic E-state index is -0.282. The molecule has 1 aromatic carbocycles. The summed E-state index contributed by atoms with van der Waals surface area (Å²) in [6, 6.07) is 6.34. The van der Waals surface area contributed by atoms with Gasteiger partial charge in [-0.25, -0.2) is 4.39 Å². The van der Waals surface area contributed by atoms with Gasteiger partial charge in [0, 0.05) is 20.2 Å². The van der Waals surface area contributed by atoms with Gasteiger partial charge in [-0.2, -0.15) is 0 Å². The highest BCUT2D eigenvalue weighted by atomic mass is 19.1. The van der Waals surface area contributed by atoms with Crippen molar-refractivity contribution < 1.29 is 18.7 Å². The van der Waals surface area contributed by atoms with E-state index < -0.39 is 0 Å². The van der Waals surface area contributed by atoms with Crippen LogP contribution in [0.4, 0.5) is 4.39 Å². The first-order valence-corrected chi connectivity index (χ1v) is 6.27. The Morgan fingerprint density at radius 3 is 2.84 bits per heavy atom. The smallest absolute Gasteiger partial charge is 0.320 e. The van der Waals surface area contributed by atoms with Crippen LogP contribution in [0.1, 0.15) is 12.5 Å². The summed E-state index contributed by atoms with van der Waals surface area (Å²) in [6.07, 6.45) is 0. The zero-order valence-corrected chi connectivity index (χ0v) is 11.4. The number of halogens is 1. The van der Waals surface area contributed by atoms with E-state index in [-0.39, 0.29) is 18.3 Å². The topological polar surface area (TPSA) is 38.8 Å². The molecule has 0 saturated carbocycles. The summed E-state index contributed by atoms with van der Waals surface area (Å²) in [5.74, 6) is -0.560. The van der Waals surface area contributed by atoms with Crippen LogP contribution >= 0.6 is 0 Å². The highest BCUT2D eigenvalue weighted by molar-refractivity contribution is 5.71. The van der Waals surface area contributed by atoms with Gasteiger partial charge in [-0.3, -0.25) is 9.69 Å². The summed E-state index contributed by atoms with van der Waals surface area (Å²) in [4.78, 5) is 13.4. The van der Waals surface area contributed by atoms with Crippen molar-refractivity contribution in [1.29, 1.82) is 0 Å². The number of carbonyl (C=O) groups is 1. The highest BCUT2D eigenvalue weighted by Crippen LogP contribution is 2.07. The molecule has 0 bridgehead atoms. The van der Waals surface area contributed by atoms with Gasteiger partial charge in [-0.05, 0) is 24.6 Å². The molecule has 4 nitrogen and oxygen atoms in total. The van der Waals surface area contributed by atoms with Gasteiger partial charge in [-0.15, -0.1) is 0 Å². The number of methoxy groups -OCH3 is 1. The Morgan fingerprint density at radius 1 is 1.42 bits per heavy atom. The van der Waals surface area contributed by atoms with E-state index in [1.165, 1.54) is 12.1 Å². The molecule has 0 fully saturated rings. The maximum atomic E-state index is 13.1. The van der Waals surface area contributed by atoms with Gasteiger partial charge in [0.1, 0.15) is 5.82 Å². The van der Waals surface area contributed by atoms with E-state index in [0.717, 1.165) is 5.56 Å². The van der Waals surface area contributed by atoms with E-state index in [1.807, 2.05) is 11.0 Å². The molecule has 0 aliphatic rings. The second-order valence-electron chi connectivity index (χ2n) is 4.14. The third-order valence-corrected chi connectivity index (χ3v) is 2.56. The monoisotopic (exact) mass is 269 g/mol. The van der Waals surface area contributed by atoms with Crippen LogP contribution in [0.25, 0.3) is 0 Å². The number of nitrogens with zero attached hydrogens (tertiary/aromatic N) is 1. The van der Waals surface area contributed by atoms with Gasteiger partial charge < -0.3 is 9.47 Å². The van der Waals surface area contributed by atoms with Crippen LogP contribution in [0.15, 0.2) is 24.3 Å². The first-order valence-electron chi connectivity index (χ1n) is 6.27. The van der Waals surface area contributed by atoms with Crippen LogP contribution in [0, 0.1) is 5.82 Å². The van der Waals surface area contributed by atoms with Crippen molar-refractivity contribution in [2.24, 2.45) is 0 Å². The molecule has 5 heteroatoms. The first kappa shape index (κ1) is 15.6. The largest absolute Gasteiger partial charge is 0.465 e. The molecular weight excluding hydrogens is 249 g/mol. The normalized spacial score (nSPS) is 10.7. The molecule has 0 heterocycles. The molecule has 0 aliphatic heterocycles. The number of carbonyl (C=O) groups excluding carboxylic acids is 1. The Labute approximate surface area is 113 Å². The summed E-state index contributed by atoms with van der Waals surface area (Å²) in [5.41, 5.74) is 0.820. The lowest BCUT2D eigenvalue weighted by molar-refractivity contribution is -0.144. The summed E-state index contributed by atoms with van der Waals surface area (Å²) >= 11 is 0. The maximum absolute atomic E-state index is 13.1. The molecule has 106 valence electrons. The van der Waals surface area contributed by atoms with Crippen molar-refractivity contribution in [1.82, 2.24) is 4.90 Å². The van der Waals surface area contributed by atoms with Crippen molar-refractivity contribution in [2.75, 3.05) is 33.4 Å². The predicted molar refractivity (Wildman–Crippen MR) is 70.2 cm³/mol. The summed E-state index contributed by atoms with van der Waals surface area (Å²) in [6.45, 7) is 3.88. The number of benzene rings is 1. The fraction of sp³-hybridized carbons (Fsp3) is 0.500. The zero-order chi connectivity index (χ0) is 14.1. The molecule has 0 aromatic heterocycles. The van der Waals surface area contributed by atoms with Crippen LogP contribution in [-0.4, -0.2) is 44.3 Å². The molecule has 0 radical (unpaired) electrons. The van der Waals surface area contributed by atoms with Crippen LogP contribution in [0.5, 0.6) is 0 Å². The molecule has 0 N–H and O–H groups in total. The van der Waals surface area contributed by atoms with Crippen molar-refractivity contribution in [3.8, 4) is 0 Å². The third kappa shape index (κ3) is 6.31. The van der Waals surface area contributed by atoms with Crippen LogP contribution in [-0.2, 0) is 20.8 Å². The Balaban J connectivity index is 2.60. The molecule has 0 saturated heterocycles.